The van der Waals surface area contributed by atoms with Crippen molar-refractivity contribution in [3.63, 3.8) is 0 Å². The number of hydrogen-bond acceptors (Lipinski definition) is 5. The van der Waals surface area contributed by atoms with Crippen molar-refractivity contribution in [2.75, 3.05) is 13.2 Å². The maximum absolute atomic E-state index is 12.0. The van der Waals surface area contributed by atoms with Gasteiger partial charge in [-0.1, -0.05) is 11.8 Å². The van der Waals surface area contributed by atoms with Crippen LogP contribution in [0.3, 0.4) is 0 Å². The molecule has 104 valence electrons. The largest absolute Gasteiger partial charge is 0.355 e. The molecule has 0 bridgehead atoms. The molecule has 0 radical (unpaired) electrons. The molecule has 6 heteroatoms. The van der Waals surface area contributed by atoms with Crippen LogP contribution in [0.1, 0.15) is 34.6 Å². The van der Waals surface area contributed by atoms with Gasteiger partial charge in [0.25, 0.3) is 0 Å². The normalized spacial score (nSPS) is 22.8. The number of amides is 1. The number of nitrogens with one attached hydrogen (secondary N) is 1. The van der Waals surface area contributed by atoms with Crippen LogP contribution >= 0.6 is 11.8 Å². The highest BCUT2D eigenvalue weighted by Crippen LogP contribution is 2.31. The van der Waals surface area contributed by atoms with E-state index in [-0.39, 0.29) is 22.4 Å². The Kier molecular flexibility index (Phi) is 4.80. The van der Waals surface area contributed by atoms with Gasteiger partial charge in [-0.15, -0.1) is 0 Å². The lowest BCUT2D eigenvalue weighted by Gasteiger charge is -2.24. The molecule has 1 N–H and O–H groups in total. The summed E-state index contributed by atoms with van der Waals surface area (Å²) in [5, 5.41) is 2.65. The average Bonchev–Trinajstić information content (AvgIpc) is 2.55. The molecule has 1 aliphatic heterocycles. The van der Waals surface area contributed by atoms with Crippen LogP contribution in [0.2, 0.25) is 0 Å². The zero-order chi connectivity index (χ0) is 14.0. The van der Waals surface area contributed by atoms with Crippen molar-refractivity contribution in [3.05, 3.63) is 0 Å². The van der Waals surface area contributed by atoms with Crippen molar-refractivity contribution in [1.82, 2.24) is 5.32 Å². The standard InChI is InChI=1S/C12H21NO4S/c1-8(14)13-7-11(2,3)18-10(15)9-6-16-12(4,5)17-9/h9H,6-7H2,1-5H3,(H,13,14). The van der Waals surface area contributed by atoms with E-state index in [9.17, 15) is 9.59 Å². The van der Waals surface area contributed by atoms with Crippen LogP contribution in [0.25, 0.3) is 0 Å². The van der Waals surface area contributed by atoms with Crippen molar-refractivity contribution in [1.29, 1.82) is 0 Å². The fraction of sp³-hybridized carbons (Fsp3) is 0.833. The molecule has 1 fully saturated rings. The van der Waals surface area contributed by atoms with Gasteiger partial charge in [-0.2, -0.15) is 0 Å². The maximum Gasteiger partial charge on any atom is 0.220 e. The lowest BCUT2D eigenvalue weighted by Crippen LogP contribution is -2.37. The summed E-state index contributed by atoms with van der Waals surface area (Å²) in [7, 11) is 0. The summed E-state index contributed by atoms with van der Waals surface area (Å²) in [6.45, 7) is 9.57. The summed E-state index contributed by atoms with van der Waals surface area (Å²) in [6, 6.07) is 0. The fourth-order valence-corrected chi connectivity index (χ4v) is 2.45. The Labute approximate surface area is 112 Å². The van der Waals surface area contributed by atoms with Gasteiger partial charge in [0, 0.05) is 18.2 Å². The molecule has 1 amide bonds. The quantitative estimate of drug-likeness (QED) is 0.838. The zero-order valence-corrected chi connectivity index (χ0v) is 12.3. The Balaban J connectivity index is 2.46. The number of rotatable bonds is 4. The minimum atomic E-state index is -0.692. The second-order valence-corrected chi connectivity index (χ2v) is 7.12. The number of ether oxygens (including phenoxy) is 2. The third kappa shape index (κ3) is 4.96. The summed E-state index contributed by atoms with van der Waals surface area (Å²) in [6.07, 6.45) is -0.526. The Morgan fingerprint density at radius 1 is 1.44 bits per heavy atom. The first-order chi connectivity index (χ1) is 8.11. The number of carbonyl (C=O) groups is 2. The van der Waals surface area contributed by atoms with E-state index in [0.29, 0.717) is 6.54 Å². The molecular weight excluding hydrogens is 254 g/mol. The first kappa shape index (κ1) is 15.5. The SMILES string of the molecule is CC(=O)NCC(C)(C)SC(=O)C1COC(C)(C)O1. The molecule has 0 aliphatic carbocycles. The molecular formula is C12H21NO4S. The molecule has 0 saturated carbocycles. The van der Waals surface area contributed by atoms with Gasteiger partial charge in [0.2, 0.25) is 11.0 Å². The molecule has 0 aromatic rings. The second-order valence-electron chi connectivity index (χ2n) is 5.41. The van der Waals surface area contributed by atoms with E-state index < -0.39 is 11.9 Å². The van der Waals surface area contributed by atoms with E-state index in [1.54, 1.807) is 13.8 Å². The minimum absolute atomic E-state index is 0.0593. The second kappa shape index (κ2) is 5.59. The Morgan fingerprint density at radius 2 is 2.06 bits per heavy atom. The smallest absolute Gasteiger partial charge is 0.220 e. The molecule has 0 aromatic carbocycles. The maximum atomic E-state index is 12.0. The van der Waals surface area contributed by atoms with Crippen LogP contribution in [0, 0.1) is 0 Å². The van der Waals surface area contributed by atoms with Gasteiger partial charge in [0.05, 0.1) is 6.61 Å². The Hall–Kier alpha value is -0.590. The summed E-state index contributed by atoms with van der Waals surface area (Å²) in [5.41, 5.74) is 0. The van der Waals surface area contributed by atoms with E-state index in [4.69, 9.17) is 9.47 Å². The molecule has 1 heterocycles. The van der Waals surface area contributed by atoms with E-state index in [1.807, 2.05) is 13.8 Å². The van der Waals surface area contributed by atoms with Gasteiger partial charge >= 0.3 is 0 Å². The number of hydrogen-bond donors (Lipinski definition) is 1. The van der Waals surface area contributed by atoms with Crippen LogP contribution in [-0.2, 0) is 19.1 Å². The molecule has 0 aromatic heterocycles. The molecule has 18 heavy (non-hydrogen) atoms. The van der Waals surface area contributed by atoms with Crippen molar-refractivity contribution >= 4 is 22.8 Å². The minimum Gasteiger partial charge on any atom is -0.355 e. The molecule has 1 unspecified atom stereocenters. The number of carbonyl (C=O) groups excluding carboxylic acids is 2. The lowest BCUT2D eigenvalue weighted by molar-refractivity contribution is -0.147. The van der Waals surface area contributed by atoms with Crippen LogP contribution in [-0.4, -0.2) is 40.8 Å². The predicted molar refractivity (Wildman–Crippen MR) is 70.3 cm³/mol. The van der Waals surface area contributed by atoms with Gasteiger partial charge in [0.15, 0.2) is 11.9 Å². The summed E-state index contributed by atoms with van der Waals surface area (Å²) in [4.78, 5) is 22.9. The van der Waals surface area contributed by atoms with Crippen molar-refractivity contribution in [2.45, 2.75) is 51.3 Å². The first-order valence-corrected chi connectivity index (χ1v) is 6.72. The third-order valence-corrected chi connectivity index (χ3v) is 3.57. The topological polar surface area (TPSA) is 64.6 Å². The summed E-state index contributed by atoms with van der Waals surface area (Å²) >= 11 is 1.18. The zero-order valence-electron chi connectivity index (χ0n) is 11.5. The van der Waals surface area contributed by atoms with Crippen LogP contribution < -0.4 is 5.32 Å². The molecule has 1 saturated heterocycles. The highest BCUT2D eigenvalue weighted by Gasteiger charge is 2.39. The Morgan fingerprint density at radius 3 is 2.50 bits per heavy atom. The Bertz CT molecular complexity index is 341. The lowest BCUT2D eigenvalue weighted by atomic mass is 10.2. The molecule has 1 rings (SSSR count). The molecule has 5 nitrogen and oxygen atoms in total. The van der Waals surface area contributed by atoms with Crippen molar-refractivity contribution in [3.8, 4) is 0 Å². The van der Waals surface area contributed by atoms with Crippen molar-refractivity contribution < 1.29 is 19.1 Å². The molecule has 0 spiro atoms. The van der Waals surface area contributed by atoms with E-state index in [0.717, 1.165) is 0 Å². The van der Waals surface area contributed by atoms with Crippen LogP contribution in [0.4, 0.5) is 0 Å². The third-order valence-electron chi connectivity index (χ3n) is 2.41. The van der Waals surface area contributed by atoms with E-state index in [1.165, 1.54) is 18.7 Å². The predicted octanol–water partition coefficient (Wildman–Crippen LogP) is 1.31. The molecule has 1 aliphatic rings. The van der Waals surface area contributed by atoms with Gasteiger partial charge in [-0.3, -0.25) is 9.59 Å². The van der Waals surface area contributed by atoms with Gasteiger partial charge in [-0.25, -0.2) is 0 Å². The number of thioether (sulfide) groups is 1. The van der Waals surface area contributed by atoms with Crippen LogP contribution in [0.15, 0.2) is 0 Å². The van der Waals surface area contributed by atoms with E-state index in [2.05, 4.69) is 5.32 Å². The average molecular weight is 275 g/mol. The summed E-state index contributed by atoms with van der Waals surface area (Å²) in [5.74, 6) is -0.791. The van der Waals surface area contributed by atoms with Crippen molar-refractivity contribution in [2.24, 2.45) is 0 Å². The van der Waals surface area contributed by atoms with Gasteiger partial charge in [-0.05, 0) is 27.7 Å². The fourth-order valence-electron chi connectivity index (χ4n) is 1.51. The van der Waals surface area contributed by atoms with Gasteiger partial charge < -0.3 is 14.8 Å². The monoisotopic (exact) mass is 275 g/mol. The molecule has 1 atom stereocenters. The van der Waals surface area contributed by atoms with Gasteiger partial charge in [0.1, 0.15) is 0 Å². The summed E-state index contributed by atoms with van der Waals surface area (Å²) < 4.78 is 10.5. The first-order valence-electron chi connectivity index (χ1n) is 5.90. The van der Waals surface area contributed by atoms with Crippen LogP contribution in [0.5, 0.6) is 0 Å². The highest BCUT2D eigenvalue weighted by molar-refractivity contribution is 8.14. The van der Waals surface area contributed by atoms with E-state index >= 15 is 0 Å². The highest BCUT2D eigenvalue weighted by atomic mass is 32.2.